The molecule has 0 bridgehead atoms. The first-order chi connectivity index (χ1) is 15.8. The largest absolute Gasteiger partial charge is 0.368 e. The molecule has 1 aliphatic heterocycles. The number of halogens is 6. The Hall–Kier alpha value is -3.33. The maximum Gasteiger partial charge on any atom is 0.255 e. The van der Waals surface area contributed by atoms with Crippen LogP contribution >= 0.6 is 11.6 Å². The molecule has 1 saturated heterocycles. The number of nitrogens with one attached hydrogen (secondary N) is 1. The summed E-state index contributed by atoms with van der Waals surface area (Å²) in [5.74, 6) is -10.0. The van der Waals surface area contributed by atoms with E-state index in [1.54, 1.807) is 48.5 Å². The number of anilines is 3. The van der Waals surface area contributed by atoms with Crippen molar-refractivity contribution < 1.29 is 26.7 Å². The van der Waals surface area contributed by atoms with Crippen LogP contribution in [0, 0.1) is 29.1 Å². The van der Waals surface area contributed by atoms with Gasteiger partial charge in [-0.2, -0.15) is 0 Å². The average molecular weight is 482 g/mol. The Morgan fingerprint density at radius 2 is 1.18 bits per heavy atom. The molecule has 4 rings (SSSR count). The fourth-order valence-corrected chi connectivity index (χ4v) is 3.75. The lowest BCUT2D eigenvalue weighted by atomic mass is 10.1. The third-order valence-electron chi connectivity index (χ3n) is 5.38. The summed E-state index contributed by atoms with van der Waals surface area (Å²) in [6, 6.07) is 13.4. The van der Waals surface area contributed by atoms with E-state index in [9.17, 15) is 26.7 Å². The molecule has 4 nitrogen and oxygen atoms in total. The molecule has 0 aliphatic carbocycles. The van der Waals surface area contributed by atoms with E-state index in [0.29, 0.717) is 29.4 Å². The first-order valence-electron chi connectivity index (χ1n) is 9.94. The zero-order valence-electron chi connectivity index (χ0n) is 17.0. The van der Waals surface area contributed by atoms with E-state index in [-0.39, 0.29) is 19.0 Å². The van der Waals surface area contributed by atoms with Crippen molar-refractivity contribution in [2.24, 2.45) is 0 Å². The molecule has 0 radical (unpaired) electrons. The lowest BCUT2D eigenvalue weighted by Crippen LogP contribution is -2.47. The predicted molar refractivity (Wildman–Crippen MR) is 117 cm³/mol. The Balaban J connectivity index is 1.41. The molecule has 0 spiro atoms. The fourth-order valence-electron chi connectivity index (χ4n) is 3.62. The van der Waals surface area contributed by atoms with Gasteiger partial charge in [-0.1, -0.05) is 11.6 Å². The van der Waals surface area contributed by atoms with E-state index < -0.39 is 34.8 Å². The van der Waals surface area contributed by atoms with Gasteiger partial charge in [0.2, 0.25) is 5.82 Å². The summed E-state index contributed by atoms with van der Waals surface area (Å²) in [5.41, 5.74) is 0.898. The average Bonchev–Trinajstić information content (AvgIpc) is 2.83. The number of carbonyl (C=O) groups excluding carboxylic acids is 1. The summed E-state index contributed by atoms with van der Waals surface area (Å²) >= 11 is 5.82. The van der Waals surface area contributed by atoms with Gasteiger partial charge in [0.05, 0.1) is 0 Å². The Labute approximate surface area is 191 Å². The van der Waals surface area contributed by atoms with E-state index in [4.69, 9.17) is 11.6 Å². The van der Waals surface area contributed by atoms with Crippen LogP contribution in [0.5, 0.6) is 0 Å². The van der Waals surface area contributed by atoms with E-state index in [1.165, 1.54) is 0 Å². The molecular weight excluding hydrogens is 465 g/mol. The zero-order valence-corrected chi connectivity index (χ0v) is 17.8. The second kappa shape index (κ2) is 9.27. The highest BCUT2D eigenvalue weighted by atomic mass is 35.5. The van der Waals surface area contributed by atoms with Gasteiger partial charge in [-0.05, 0) is 48.5 Å². The van der Waals surface area contributed by atoms with Gasteiger partial charge in [-0.3, -0.25) is 4.79 Å². The van der Waals surface area contributed by atoms with Crippen molar-refractivity contribution in [3.05, 3.63) is 88.2 Å². The summed E-state index contributed by atoms with van der Waals surface area (Å²) in [6.07, 6.45) is 0. The summed E-state index contributed by atoms with van der Waals surface area (Å²) in [7, 11) is 0. The van der Waals surface area contributed by atoms with Crippen LogP contribution in [0.15, 0.2) is 48.5 Å². The second-order valence-corrected chi connectivity index (χ2v) is 7.84. The predicted octanol–water partition coefficient (Wildman–Crippen LogP) is 5.61. The minimum absolute atomic E-state index is 0.0629. The number of benzene rings is 3. The highest BCUT2D eigenvalue weighted by Gasteiger charge is 2.30. The topological polar surface area (TPSA) is 35.6 Å². The highest BCUT2D eigenvalue weighted by molar-refractivity contribution is 6.30. The molecule has 3 aromatic carbocycles. The first-order valence-corrected chi connectivity index (χ1v) is 10.3. The maximum absolute atomic E-state index is 14.1. The van der Waals surface area contributed by atoms with Crippen LogP contribution in [0.4, 0.5) is 39.0 Å². The van der Waals surface area contributed by atoms with Gasteiger partial charge in [0.1, 0.15) is 5.69 Å². The molecule has 1 heterocycles. The van der Waals surface area contributed by atoms with Gasteiger partial charge < -0.3 is 15.1 Å². The van der Waals surface area contributed by atoms with E-state index in [0.717, 1.165) is 10.6 Å². The Kier molecular flexibility index (Phi) is 6.42. The van der Waals surface area contributed by atoms with Crippen molar-refractivity contribution in [1.29, 1.82) is 0 Å². The van der Waals surface area contributed by atoms with E-state index >= 15 is 0 Å². The molecule has 172 valence electrons. The minimum atomic E-state index is -2.17. The third kappa shape index (κ3) is 4.59. The third-order valence-corrected chi connectivity index (χ3v) is 5.63. The Morgan fingerprint density at radius 1 is 0.697 bits per heavy atom. The van der Waals surface area contributed by atoms with Gasteiger partial charge in [0.15, 0.2) is 23.3 Å². The SMILES string of the molecule is O=C(Nc1ccc(N2CCN(c3c(F)c(F)c(F)c(F)c3F)CC2)cc1)c1ccc(Cl)cc1. The van der Waals surface area contributed by atoms with E-state index in [2.05, 4.69) is 5.32 Å². The monoisotopic (exact) mass is 481 g/mol. The van der Waals surface area contributed by atoms with Crippen molar-refractivity contribution in [1.82, 2.24) is 0 Å². The normalized spacial score (nSPS) is 13.9. The van der Waals surface area contributed by atoms with Crippen molar-refractivity contribution in [3.63, 3.8) is 0 Å². The number of piperazine rings is 1. The lowest BCUT2D eigenvalue weighted by molar-refractivity contribution is 0.102. The van der Waals surface area contributed by atoms with Crippen LogP contribution in [-0.4, -0.2) is 32.1 Å². The molecule has 1 amide bonds. The lowest BCUT2D eigenvalue weighted by Gasteiger charge is -2.37. The summed E-state index contributed by atoms with van der Waals surface area (Å²) in [5, 5.41) is 3.29. The quantitative estimate of drug-likeness (QED) is 0.299. The summed E-state index contributed by atoms with van der Waals surface area (Å²) in [6.45, 7) is 0.729. The fraction of sp³-hybridized carbons (Fsp3) is 0.174. The molecule has 0 saturated carbocycles. The molecule has 1 aliphatic rings. The van der Waals surface area contributed by atoms with Crippen molar-refractivity contribution in [2.75, 3.05) is 41.3 Å². The standard InChI is InChI=1S/C23H17ClF5N3O/c24-14-3-1-13(2-4-14)23(33)30-15-5-7-16(8-6-15)31-9-11-32(12-10-31)22-20(28)18(26)17(25)19(27)21(22)29/h1-8H,9-12H2,(H,30,33). The zero-order chi connectivity index (χ0) is 23.7. The number of hydrogen-bond donors (Lipinski definition) is 1. The number of nitrogens with zero attached hydrogens (tertiary/aromatic N) is 2. The van der Waals surface area contributed by atoms with Crippen molar-refractivity contribution in [3.8, 4) is 0 Å². The Bertz CT molecular complexity index is 1150. The van der Waals surface area contributed by atoms with Crippen molar-refractivity contribution >= 4 is 34.6 Å². The van der Waals surface area contributed by atoms with Gasteiger partial charge in [0.25, 0.3) is 5.91 Å². The molecule has 1 fully saturated rings. The van der Waals surface area contributed by atoms with Crippen LogP contribution in [0.2, 0.25) is 5.02 Å². The molecule has 0 atom stereocenters. The molecule has 0 unspecified atom stereocenters. The number of amides is 1. The Morgan fingerprint density at radius 3 is 1.73 bits per heavy atom. The second-order valence-electron chi connectivity index (χ2n) is 7.40. The van der Waals surface area contributed by atoms with Crippen LogP contribution < -0.4 is 15.1 Å². The number of hydrogen-bond acceptors (Lipinski definition) is 3. The van der Waals surface area contributed by atoms with Gasteiger partial charge >= 0.3 is 0 Å². The maximum atomic E-state index is 14.1. The molecule has 33 heavy (non-hydrogen) atoms. The van der Waals surface area contributed by atoms with E-state index in [1.807, 2.05) is 4.90 Å². The number of carbonyl (C=O) groups is 1. The first kappa shape index (κ1) is 22.8. The highest BCUT2D eigenvalue weighted by Crippen LogP contribution is 2.31. The molecule has 0 aromatic heterocycles. The number of rotatable bonds is 4. The molecular formula is C23H17ClF5N3O. The molecule has 3 aromatic rings. The van der Waals surface area contributed by atoms with Crippen LogP contribution in [-0.2, 0) is 0 Å². The van der Waals surface area contributed by atoms with Gasteiger partial charge in [-0.15, -0.1) is 0 Å². The minimum Gasteiger partial charge on any atom is -0.368 e. The van der Waals surface area contributed by atoms with Crippen LogP contribution in [0.25, 0.3) is 0 Å². The van der Waals surface area contributed by atoms with Crippen LogP contribution in [0.3, 0.4) is 0 Å². The van der Waals surface area contributed by atoms with Crippen molar-refractivity contribution in [2.45, 2.75) is 0 Å². The summed E-state index contributed by atoms with van der Waals surface area (Å²) in [4.78, 5) is 15.4. The smallest absolute Gasteiger partial charge is 0.255 e. The van der Waals surface area contributed by atoms with Gasteiger partial charge in [-0.25, -0.2) is 22.0 Å². The van der Waals surface area contributed by atoms with Crippen LogP contribution in [0.1, 0.15) is 10.4 Å². The van der Waals surface area contributed by atoms with Gasteiger partial charge in [0, 0.05) is 48.1 Å². The summed E-state index contributed by atoms with van der Waals surface area (Å²) < 4.78 is 68.5. The molecule has 10 heteroatoms. The molecule has 1 N–H and O–H groups in total.